The fraction of sp³-hybridized carbons (Fsp3) is 0.214. The number of hydrogen-bond acceptors (Lipinski definition) is 4. The van der Waals surface area contributed by atoms with E-state index in [1.165, 1.54) is 11.8 Å². The van der Waals surface area contributed by atoms with Crippen molar-refractivity contribution in [3.8, 4) is 0 Å². The molecule has 0 atom stereocenters. The standard InChI is InChI=1S/C14H12F2N2O2S/c1-8-4-2-3-5-10(8)21-7-11-17-6-9(14(19)20)12(18-11)13(15)16/h2-6,13H,7H2,1H3,(H,19,20). The molecule has 0 aliphatic rings. The molecule has 21 heavy (non-hydrogen) atoms. The van der Waals surface area contributed by atoms with Gasteiger partial charge in [0.2, 0.25) is 0 Å². The summed E-state index contributed by atoms with van der Waals surface area (Å²) in [5, 5.41) is 8.83. The molecule has 0 aliphatic carbocycles. The molecule has 2 aromatic rings. The lowest BCUT2D eigenvalue weighted by molar-refractivity contribution is 0.0681. The van der Waals surface area contributed by atoms with Crippen LogP contribution in [-0.2, 0) is 5.75 Å². The molecule has 7 heteroatoms. The molecule has 2 rings (SSSR count). The highest BCUT2D eigenvalue weighted by molar-refractivity contribution is 7.98. The first-order chi connectivity index (χ1) is 9.99. The Morgan fingerprint density at radius 3 is 2.71 bits per heavy atom. The second-order valence-electron chi connectivity index (χ2n) is 4.25. The Kier molecular flexibility index (Phi) is 4.85. The molecule has 0 saturated heterocycles. The number of carboxylic acid groups (broad SMARTS) is 1. The number of halogens is 2. The van der Waals surface area contributed by atoms with Crippen molar-refractivity contribution in [1.82, 2.24) is 9.97 Å². The highest BCUT2D eigenvalue weighted by Crippen LogP contribution is 2.26. The first-order valence-electron chi connectivity index (χ1n) is 6.04. The number of carboxylic acids is 1. The molecular weight excluding hydrogens is 298 g/mol. The molecule has 110 valence electrons. The van der Waals surface area contributed by atoms with Crippen molar-refractivity contribution in [2.75, 3.05) is 0 Å². The van der Waals surface area contributed by atoms with Crippen LogP contribution in [0.3, 0.4) is 0 Å². The van der Waals surface area contributed by atoms with Gasteiger partial charge in [-0.25, -0.2) is 23.5 Å². The van der Waals surface area contributed by atoms with Crippen LogP contribution in [0.5, 0.6) is 0 Å². The highest BCUT2D eigenvalue weighted by atomic mass is 32.2. The summed E-state index contributed by atoms with van der Waals surface area (Å²) in [4.78, 5) is 19.4. The van der Waals surface area contributed by atoms with Crippen molar-refractivity contribution in [3.05, 3.63) is 53.1 Å². The van der Waals surface area contributed by atoms with E-state index in [1.807, 2.05) is 31.2 Å². The van der Waals surface area contributed by atoms with Crippen LogP contribution in [0.1, 0.15) is 33.9 Å². The normalized spacial score (nSPS) is 10.9. The van der Waals surface area contributed by atoms with Crippen LogP contribution in [0.2, 0.25) is 0 Å². The Morgan fingerprint density at radius 1 is 1.38 bits per heavy atom. The molecule has 0 amide bonds. The van der Waals surface area contributed by atoms with E-state index in [9.17, 15) is 13.6 Å². The average Bonchev–Trinajstić information content (AvgIpc) is 2.46. The SMILES string of the molecule is Cc1ccccc1SCc1ncc(C(=O)O)c(C(F)F)n1. The number of alkyl halides is 2. The predicted octanol–water partition coefficient (Wildman–Crippen LogP) is 3.71. The quantitative estimate of drug-likeness (QED) is 0.853. The van der Waals surface area contributed by atoms with Gasteiger partial charge in [-0.2, -0.15) is 0 Å². The summed E-state index contributed by atoms with van der Waals surface area (Å²) in [5.74, 6) is -0.975. The van der Waals surface area contributed by atoms with Gasteiger partial charge < -0.3 is 5.11 Å². The summed E-state index contributed by atoms with van der Waals surface area (Å²) in [6, 6.07) is 7.65. The third-order valence-corrected chi connectivity index (χ3v) is 3.93. The van der Waals surface area contributed by atoms with E-state index in [2.05, 4.69) is 9.97 Å². The lowest BCUT2D eigenvalue weighted by atomic mass is 10.2. The summed E-state index contributed by atoms with van der Waals surface area (Å²) >= 11 is 1.42. The second kappa shape index (κ2) is 6.62. The van der Waals surface area contributed by atoms with Gasteiger partial charge in [-0.05, 0) is 18.6 Å². The molecule has 0 spiro atoms. The second-order valence-corrected chi connectivity index (χ2v) is 5.26. The van der Waals surface area contributed by atoms with Gasteiger partial charge in [0.25, 0.3) is 6.43 Å². The summed E-state index contributed by atoms with van der Waals surface area (Å²) in [7, 11) is 0. The largest absolute Gasteiger partial charge is 0.478 e. The Morgan fingerprint density at radius 2 is 2.10 bits per heavy atom. The molecule has 1 aromatic carbocycles. The number of carbonyl (C=O) groups is 1. The van der Waals surface area contributed by atoms with E-state index in [0.717, 1.165) is 16.7 Å². The Bertz CT molecular complexity index is 665. The first-order valence-corrected chi connectivity index (χ1v) is 7.03. The van der Waals surface area contributed by atoms with Gasteiger partial charge in [-0.3, -0.25) is 0 Å². The van der Waals surface area contributed by atoms with Crippen molar-refractivity contribution in [2.45, 2.75) is 24.0 Å². The van der Waals surface area contributed by atoms with Gasteiger partial charge in [0.05, 0.1) is 5.75 Å². The maximum absolute atomic E-state index is 12.8. The highest BCUT2D eigenvalue weighted by Gasteiger charge is 2.21. The molecule has 4 nitrogen and oxygen atoms in total. The van der Waals surface area contributed by atoms with Crippen molar-refractivity contribution in [1.29, 1.82) is 0 Å². The smallest absolute Gasteiger partial charge is 0.339 e. The van der Waals surface area contributed by atoms with Crippen LogP contribution < -0.4 is 0 Å². The Balaban J connectivity index is 2.20. The molecule has 0 radical (unpaired) electrons. The van der Waals surface area contributed by atoms with Crippen molar-refractivity contribution in [2.24, 2.45) is 0 Å². The molecule has 0 bridgehead atoms. The van der Waals surface area contributed by atoms with E-state index in [4.69, 9.17) is 5.11 Å². The zero-order valence-electron chi connectivity index (χ0n) is 11.1. The van der Waals surface area contributed by atoms with Gasteiger partial charge in [-0.1, -0.05) is 18.2 Å². The van der Waals surface area contributed by atoms with Gasteiger partial charge in [0, 0.05) is 11.1 Å². The Hall–Kier alpha value is -2.02. The van der Waals surface area contributed by atoms with Crippen LogP contribution in [0.15, 0.2) is 35.4 Å². The summed E-state index contributed by atoms with van der Waals surface area (Å²) in [6.45, 7) is 1.95. The van der Waals surface area contributed by atoms with E-state index < -0.39 is 23.7 Å². The predicted molar refractivity (Wildman–Crippen MR) is 74.7 cm³/mol. The minimum atomic E-state index is -2.94. The number of rotatable bonds is 5. The van der Waals surface area contributed by atoms with Crippen LogP contribution in [0, 0.1) is 6.92 Å². The Labute approximate surface area is 124 Å². The van der Waals surface area contributed by atoms with Crippen LogP contribution in [0.25, 0.3) is 0 Å². The van der Waals surface area contributed by atoms with E-state index in [1.54, 1.807) is 0 Å². The maximum Gasteiger partial charge on any atom is 0.339 e. The maximum atomic E-state index is 12.8. The average molecular weight is 310 g/mol. The van der Waals surface area contributed by atoms with Crippen LogP contribution in [0.4, 0.5) is 8.78 Å². The van der Waals surface area contributed by atoms with E-state index >= 15 is 0 Å². The molecule has 0 fully saturated rings. The van der Waals surface area contributed by atoms with Gasteiger partial charge in [0.1, 0.15) is 17.1 Å². The number of hydrogen-bond donors (Lipinski definition) is 1. The molecule has 1 N–H and O–H groups in total. The lowest BCUT2D eigenvalue weighted by Gasteiger charge is -2.07. The van der Waals surface area contributed by atoms with Crippen molar-refractivity contribution in [3.63, 3.8) is 0 Å². The number of nitrogens with zero attached hydrogens (tertiary/aromatic N) is 2. The van der Waals surface area contributed by atoms with E-state index in [0.29, 0.717) is 5.75 Å². The lowest BCUT2D eigenvalue weighted by Crippen LogP contribution is -2.09. The van der Waals surface area contributed by atoms with E-state index in [-0.39, 0.29) is 5.82 Å². The molecule has 0 unspecified atom stereocenters. The molecular formula is C14H12F2N2O2S. The summed E-state index contributed by atoms with van der Waals surface area (Å²) in [5.41, 5.74) is -0.230. The molecule has 0 aliphatic heterocycles. The number of benzene rings is 1. The zero-order chi connectivity index (χ0) is 15.4. The fourth-order valence-electron chi connectivity index (χ4n) is 1.69. The summed E-state index contributed by atoms with van der Waals surface area (Å²) < 4.78 is 25.7. The summed E-state index contributed by atoms with van der Waals surface area (Å²) in [6.07, 6.45) is -2.01. The minimum Gasteiger partial charge on any atom is -0.478 e. The number of aromatic nitrogens is 2. The van der Waals surface area contributed by atoms with Crippen molar-refractivity contribution < 1.29 is 18.7 Å². The number of aryl methyl sites for hydroxylation is 1. The van der Waals surface area contributed by atoms with Crippen molar-refractivity contribution >= 4 is 17.7 Å². The fourth-order valence-corrected chi connectivity index (χ4v) is 2.59. The number of thioether (sulfide) groups is 1. The zero-order valence-corrected chi connectivity index (χ0v) is 11.9. The first kappa shape index (κ1) is 15.4. The molecule has 1 heterocycles. The monoisotopic (exact) mass is 310 g/mol. The van der Waals surface area contributed by atoms with Gasteiger partial charge in [0.15, 0.2) is 0 Å². The van der Waals surface area contributed by atoms with Crippen LogP contribution >= 0.6 is 11.8 Å². The molecule has 1 aromatic heterocycles. The third kappa shape index (κ3) is 3.75. The topological polar surface area (TPSA) is 63.1 Å². The molecule has 0 saturated carbocycles. The van der Waals surface area contributed by atoms with Gasteiger partial charge >= 0.3 is 5.97 Å². The third-order valence-electron chi connectivity index (χ3n) is 2.76. The minimum absolute atomic E-state index is 0.184. The van der Waals surface area contributed by atoms with Gasteiger partial charge in [-0.15, -0.1) is 11.8 Å². The van der Waals surface area contributed by atoms with Crippen LogP contribution in [-0.4, -0.2) is 21.0 Å². The number of aromatic carboxylic acids is 1.